The first-order valence-electron chi connectivity index (χ1n) is 9.42. The fraction of sp³-hybridized carbons (Fsp3) is 0.263. The van der Waals surface area contributed by atoms with Crippen LogP contribution in [-0.2, 0) is 12.6 Å². The van der Waals surface area contributed by atoms with Gasteiger partial charge in [-0.2, -0.15) is 27.1 Å². The standard InChI is InChI=1S/C19H14F5N7O/c20-17(21)32-14-2-1-4-31-13(14)6-12(29-31)16-15-11(27-9-28-15)3-5-30(16)18-25-7-10(8-26-18)19(22,23)24/h1-2,4,6-9,16-17H,3,5H2,(H,27,28)/t16-/m0/s1. The number of rotatable bonds is 4. The summed E-state index contributed by atoms with van der Waals surface area (Å²) in [6.07, 6.45) is 0.497. The summed E-state index contributed by atoms with van der Waals surface area (Å²) in [5.74, 6) is 0.00870. The van der Waals surface area contributed by atoms with E-state index in [1.807, 2.05) is 0 Å². The number of pyridine rings is 1. The van der Waals surface area contributed by atoms with Gasteiger partial charge in [-0.3, -0.25) is 0 Å². The van der Waals surface area contributed by atoms with Crippen molar-refractivity contribution in [1.29, 1.82) is 0 Å². The third-order valence-corrected chi connectivity index (χ3v) is 5.13. The highest BCUT2D eigenvalue weighted by Gasteiger charge is 2.36. The molecule has 8 nitrogen and oxygen atoms in total. The predicted octanol–water partition coefficient (Wildman–Crippen LogP) is 3.62. The Morgan fingerprint density at radius 3 is 2.66 bits per heavy atom. The van der Waals surface area contributed by atoms with E-state index in [0.29, 0.717) is 29.9 Å². The monoisotopic (exact) mass is 451 g/mol. The Balaban J connectivity index is 1.59. The molecule has 0 aromatic carbocycles. The molecule has 32 heavy (non-hydrogen) atoms. The number of ether oxygens (including phenoxy) is 1. The first-order valence-corrected chi connectivity index (χ1v) is 9.42. The lowest BCUT2D eigenvalue weighted by molar-refractivity contribution is -0.138. The Hall–Kier alpha value is -3.77. The molecule has 4 aromatic rings. The molecular formula is C19H14F5N7O. The summed E-state index contributed by atoms with van der Waals surface area (Å²) in [5, 5.41) is 4.48. The first kappa shape index (κ1) is 20.2. The molecule has 0 fully saturated rings. The minimum absolute atomic E-state index is 0.0587. The van der Waals surface area contributed by atoms with Crippen LogP contribution in [0, 0.1) is 0 Å². The molecule has 4 aromatic heterocycles. The van der Waals surface area contributed by atoms with Crippen molar-refractivity contribution in [2.24, 2.45) is 0 Å². The second-order valence-electron chi connectivity index (χ2n) is 7.03. The number of H-pyrrole nitrogens is 1. The largest absolute Gasteiger partial charge is 0.433 e. The molecule has 5 heterocycles. The summed E-state index contributed by atoms with van der Waals surface area (Å²) in [4.78, 5) is 16.9. The molecule has 0 radical (unpaired) electrons. The molecule has 0 spiro atoms. The van der Waals surface area contributed by atoms with E-state index < -0.39 is 24.4 Å². The number of hydrogen-bond donors (Lipinski definition) is 1. The van der Waals surface area contributed by atoms with Gasteiger partial charge in [-0.05, 0) is 18.2 Å². The van der Waals surface area contributed by atoms with Crippen molar-refractivity contribution in [1.82, 2.24) is 29.5 Å². The van der Waals surface area contributed by atoms with E-state index in [4.69, 9.17) is 0 Å². The van der Waals surface area contributed by atoms with Gasteiger partial charge in [0.25, 0.3) is 0 Å². The van der Waals surface area contributed by atoms with Gasteiger partial charge in [-0.15, -0.1) is 0 Å². The van der Waals surface area contributed by atoms with Gasteiger partial charge in [0.2, 0.25) is 5.95 Å². The Morgan fingerprint density at radius 2 is 1.94 bits per heavy atom. The van der Waals surface area contributed by atoms with Gasteiger partial charge in [0.15, 0.2) is 5.75 Å². The van der Waals surface area contributed by atoms with Gasteiger partial charge < -0.3 is 14.6 Å². The van der Waals surface area contributed by atoms with Gasteiger partial charge in [-0.1, -0.05) is 0 Å². The van der Waals surface area contributed by atoms with Crippen LogP contribution in [0.5, 0.6) is 5.75 Å². The Morgan fingerprint density at radius 1 is 1.16 bits per heavy atom. The molecule has 0 bridgehead atoms. The van der Waals surface area contributed by atoms with Gasteiger partial charge in [0.05, 0.1) is 23.3 Å². The molecule has 5 rings (SSSR count). The molecule has 0 saturated heterocycles. The van der Waals surface area contributed by atoms with E-state index in [-0.39, 0.29) is 11.7 Å². The zero-order valence-corrected chi connectivity index (χ0v) is 16.1. The molecule has 0 aliphatic carbocycles. The van der Waals surface area contributed by atoms with Crippen LogP contribution < -0.4 is 9.64 Å². The topological polar surface area (TPSA) is 84.2 Å². The minimum Gasteiger partial charge on any atom is -0.433 e. The average Bonchev–Trinajstić information content (AvgIpc) is 3.39. The number of hydrogen-bond acceptors (Lipinski definition) is 6. The van der Waals surface area contributed by atoms with E-state index in [2.05, 4.69) is 29.8 Å². The maximum absolute atomic E-state index is 12.9. The van der Waals surface area contributed by atoms with Crippen molar-refractivity contribution in [2.45, 2.75) is 25.3 Å². The van der Waals surface area contributed by atoms with Crippen molar-refractivity contribution in [3.8, 4) is 5.75 Å². The summed E-state index contributed by atoms with van der Waals surface area (Å²) in [6.45, 7) is -2.64. The van der Waals surface area contributed by atoms with Crippen molar-refractivity contribution in [2.75, 3.05) is 11.4 Å². The van der Waals surface area contributed by atoms with Crippen LogP contribution in [0.25, 0.3) is 5.52 Å². The second kappa shape index (κ2) is 7.43. The lowest BCUT2D eigenvalue weighted by atomic mass is 10.00. The Bertz CT molecular complexity index is 1250. The van der Waals surface area contributed by atoms with Gasteiger partial charge >= 0.3 is 12.8 Å². The highest BCUT2D eigenvalue weighted by molar-refractivity contribution is 5.61. The first-order chi connectivity index (χ1) is 15.3. The molecule has 1 aliphatic heterocycles. The number of aromatic amines is 1. The number of anilines is 1. The fourth-order valence-electron chi connectivity index (χ4n) is 3.75. The summed E-state index contributed by atoms with van der Waals surface area (Å²) >= 11 is 0. The molecule has 13 heteroatoms. The number of nitrogens with one attached hydrogen (secondary N) is 1. The Kier molecular flexibility index (Phi) is 4.68. The van der Waals surface area contributed by atoms with Crippen LogP contribution in [0.2, 0.25) is 0 Å². The van der Waals surface area contributed by atoms with Crippen LogP contribution in [0.15, 0.2) is 43.1 Å². The quantitative estimate of drug-likeness (QED) is 0.478. The number of nitrogens with zero attached hydrogens (tertiary/aromatic N) is 6. The third-order valence-electron chi connectivity index (χ3n) is 5.13. The van der Waals surface area contributed by atoms with E-state index in [1.54, 1.807) is 17.2 Å². The van der Waals surface area contributed by atoms with Gasteiger partial charge in [0, 0.05) is 37.3 Å². The molecule has 166 valence electrons. The number of aromatic nitrogens is 6. The second-order valence-corrected chi connectivity index (χ2v) is 7.03. The Labute approximate surface area is 176 Å². The fourth-order valence-corrected chi connectivity index (χ4v) is 3.75. The highest BCUT2D eigenvalue weighted by atomic mass is 19.4. The zero-order valence-electron chi connectivity index (χ0n) is 16.1. The van der Waals surface area contributed by atoms with Crippen LogP contribution in [0.3, 0.4) is 0 Å². The van der Waals surface area contributed by atoms with Crippen LogP contribution in [0.4, 0.5) is 27.9 Å². The summed E-state index contributed by atoms with van der Waals surface area (Å²) < 4.78 is 70.3. The molecule has 0 unspecified atom stereocenters. The molecule has 1 N–H and O–H groups in total. The summed E-state index contributed by atoms with van der Waals surface area (Å²) in [7, 11) is 0. The predicted molar refractivity (Wildman–Crippen MR) is 100 cm³/mol. The summed E-state index contributed by atoms with van der Waals surface area (Å²) in [5.41, 5.74) is 1.20. The maximum Gasteiger partial charge on any atom is 0.419 e. The maximum atomic E-state index is 12.9. The van der Waals surface area contributed by atoms with E-state index in [0.717, 1.165) is 18.1 Å². The van der Waals surface area contributed by atoms with E-state index in [9.17, 15) is 22.0 Å². The summed E-state index contributed by atoms with van der Waals surface area (Å²) in [6, 6.07) is 3.83. The van der Waals surface area contributed by atoms with E-state index in [1.165, 1.54) is 23.0 Å². The average molecular weight is 451 g/mol. The van der Waals surface area contributed by atoms with Crippen molar-refractivity contribution in [3.05, 3.63) is 65.8 Å². The highest BCUT2D eigenvalue weighted by Crippen LogP contribution is 2.37. The lowest BCUT2D eigenvalue weighted by Crippen LogP contribution is -2.37. The third kappa shape index (κ3) is 3.48. The lowest BCUT2D eigenvalue weighted by Gasteiger charge is -2.33. The number of halogens is 5. The number of fused-ring (bicyclic) bond motifs is 2. The van der Waals surface area contributed by atoms with Crippen LogP contribution in [0.1, 0.15) is 28.7 Å². The minimum atomic E-state index is -4.56. The number of alkyl halides is 5. The van der Waals surface area contributed by atoms with Crippen molar-refractivity contribution < 1.29 is 26.7 Å². The zero-order chi connectivity index (χ0) is 22.5. The van der Waals surface area contributed by atoms with Crippen LogP contribution >= 0.6 is 0 Å². The van der Waals surface area contributed by atoms with E-state index >= 15 is 0 Å². The van der Waals surface area contributed by atoms with Gasteiger partial charge in [-0.25, -0.2) is 19.5 Å². The molecule has 0 saturated carbocycles. The smallest absolute Gasteiger partial charge is 0.419 e. The van der Waals surface area contributed by atoms with Crippen molar-refractivity contribution in [3.63, 3.8) is 0 Å². The van der Waals surface area contributed by atoms with Gasteiger partial charge in [0.1, 0.15) is 11.6 Å². The normalized spacial score (nSPS) is 16.6. The molecular weight excluding hydrogens is 437 g/mol. The molecule has 1 atom stereocenters. The molecule has 0 amide bonds. The SMILES string of the molecule is FC(F)Oc1cccn2nc([C@H]3c4nc[nH]c4CCN3c3ncc(C(F)(F)F)cn3)cc12. The molecule has 1 aliphatic rings. The van der Waals surface area contributed by atoms with Crippen molar-refractivity contribution >= 4 is 11.5 Å². The van der Waals surface area contributed by atoms with Crippen LogP contribution in [-0.4, -0.2) is 42.7 Å². The number of imidazole rings is 1.